The lowest BCUT2D eigenvalue weighted by Crippen LogP contribution is -2.47. The van der Waals surface area contributed by atoms with E-state index >= 15 is 8.78 Å². The van der Waals surface area contributed by atoms with Crippen LogP contribution in [0.4, 0.5) is 20.5 Å². The average molecular weight is 614 g/mol. The Balaban J connectivity index is 1.62. The van der Waals surface area contributed by atoms with Crippen molar-refractivity contribution in [1.82, 2.24) is 24.6 Å². The number of para-hydroxylation sites is 1. The highest BCUT2D eigenvalue weighted by atomic mass is 31.2. The Morgan fingerprint density at radius 3 is 2.55 bits per heavy atom. The van der Waals surface area contributed by atoms with Gasteiger partial charge in [0.15, 0.2) is 35.0 Å². The van der Waals surface area contributed by atoms with Crippen molar-refractivity contribution in [3.05, 3.63) is 36.7 Å². The number of carbonyl (C=O) groups excluding carboxylic acids is 1. The smallest absolute Gasteiger partial charge is 0.459 e. The molecule has 2 aromatic heterocycles. The van der Waals surface area contributed by atoms with Crippen LogP contribution in [0.1, 0.15) is 33.9 Å². The van der Waals surface area contributed by atoms with E-state index in [1.54, 1.807) is 51.0 Å². The number of hydrogen-bond donors (Lipinski definition) is 3. The second-order valence-corrected chi connectivity index (χ2v) is 12.1. The molecule has 1 aliphatic heterocycles. The molecule has 0 bridgehead atoms. The van der Waals surface area contributed by atoms with Crippen LogP contribution >= 0.6 is 7.75 Å². The zero-order valence-corrected chi connectivity index (χ0v) is 24.8. The first-order valence-electron chi connectivity index (χ1n) is 12.9. The van der Waals surface area contributed by atoms with Crippen LogP contribution in [0.25, 0.3) is 11.2 Å². The van der Waals surface area contributed by atoms with Gasteiger partial charge in [0.2, 0.25) is 5.95 Å². The molecule has 4 N–H and O–H groups in total. The molecule has 0 aliphatic carbocycles. The number of esters is 1. The second kappa shape index (κ2) is 11.7. The molecule has 1 aliphatic rings. The maximum atomic E-state index is 16.2. The molecule has 1 aromatic carbocycles. The SMILES string of the molecule is CC(C)OC(=O)[C@H](C)NP(=O)(OC[C@@]1(F)O[C@@H](n2cnc3c(N(C)C)nc(N)nc32)[C@](C)(F)C1O)Oc1ccccc1. The Bertz CT molecular complexity index is 1480. The summed E-state index contributed by atoms with van der Waals surface area (Å²) in [5.74, 6) is -3.80. The number of aliphatic hydroxyl groups is 1. The van der Waals surface area contributed by atoms with Crippen LogP contribution in [0.5, 0.6) is 5.75 Å². The van der Waals surface area contributed by atoms with E-state index in [1.165, 1.54) is 19.1 Å². The summed E-state index contributed by atoms with van der Waals surface area (Å²) in [7, 11) is -1.19. The fourth-order valence-corrected chi connectivity index (χ4v) is 5.78. The topological polar surface area (TPSA) is 176 Å². The first-order valence-corrected chi connectivity index (χ1v) is 14.5. The first kappa shape index (κ1) is 31.5. The summed E-state index contributed by atoms with van der Waals surface area (Å²) in [6.07, 6.45) is -3.56. The molecule has 17 heteroatoms. The predicted octanol–water partition coefficient (Wildman–Crippen LogP) is 2.89. The van der Waals surface area contributed by atoms with E-state index in [0.29, 0.717) is 5.82 Å². The van der Waals surface area contributed by atoms with E-state index in [4.69, 9.17) is 24.3 Å². The van der Waals surface area contributed by atoms with Crippen molar-refractivity contribution in [1.29, 1.82) is 0 Å². The van der Waals surface area contributed by atoms with E-state index in [-0.39, 0.29) is 22.9 Å². The molecule has 0 saturated carbocycles. The van der Waals surface area contributed by atoms with E-state index in [1.807, 2.05) is 0 Å². The molecule has 14 nitrogen and oxygen atoms in total. The van der Waals surface area contributed by atoms with E-state index in [2.05, 4.69) is 20.0 Å². The fraction of sp³-hybridized carbons (Fsp3) is 0.520. The van der Waals surface area contributed by atoms with Gasteiger partial charge in [-0.25, -0.2) is 18.3 Å². The number of nitrogens with two attached hydrogens (primary N) is 1. The number of hydrogen-bond acceptors (Lipinski definition) is 12. The van der Waals surface area contributed by atoms with Gasteiger partial charge in [-0.15, -0.1) is 0 Å². The lowest BCUT2D eigenvalue weighted by molar-refractivity contribution is -0.202. The lowest BCUT2D eigenvalue weighted by atomic mass is 9.97. The molecule has 4 rings (SSSR count). The molecule has 0 radical (unpaired) electrons. The van der Waals surface area contributed by atoms with Crippen molar-refractivity contribution in [3.63, 3.8) is 0 Å². The number of anilines is 2. The Labute approximate surface area is 240 Å². The van der Waals surface area contributed by atoms with Gasteiger partial charge in [-0.3, -0.25) is 13.9 Å². The monoisotopic (exact) mass is 613 g/mol. The average Bonchev–Trinajstić information content (AvgIpc) is 3.39. The Morgan fingerprint density at radius 2 is 1.93 bits per heavy atom. The summed E-state index contributed by atoms with van der Waals surface area (Å²) < 4.78 is 68.5. The van der Waals surface area contributed by atoms with Crippen molar-refractivity contribution < 1.29 is 41.8 Å². The zero-order chi connectivity index (χ0) is 31.0. The number of halogens is 2. The number of fused-ring (bicyclic) bond motifs is 1. The second-order valence-electron chi connectivity index (χ2n) is 10.4. The number of aliphatic hydroxyl groups excluding tert-OH is 1. The minimum atomic E-state index is -4.57. The van der Waals surface area contributed by atoms with Gasteiger partial charge in [0.05, 0.1) is 12.4 Å². The van der Waals surface area contributed by atoms with Gasteiger partial charge in [0, 0.05) is 14.1 Å². The molecule has 3 heterocycles. The van der Waals surface area contributed by atoms with Crippen molar-refractivity contribution in [2.45, 2.75) is 63.7 Å². The molecule has 3 aromatic rings. The third-order valence-corrected chi connectivity index (χ3v) is 7.91. The summed E-state index contributed by atoms with van der Waals surface area (Å²) in [5.41, 5.74) is 3.31. The number of rotatable bonds is 11. The third-order valence-electron chi connectivity index (χ3n) is 6.29. The van der Waals surface area contributed by atoms with Gasteiger partial charge >= 0.3 is 13.7 Å². The van der Waals surface area contributed by atoms with E-state index < -0.39 is 56.3 Å². The van der Waals surface area contributed by atoms with Crippen LogP contribution < -0.4 is 20.2 Å². The minimum absolute atomic E-state index is 0.0229. The normalized spacial score (nSPS) is 26.2. The Kier molecular flexibility index (Phi) is 8.77. The summed E-state index contributed by atoms with van der Waals surface area (Å²) in [6.45, 7) is 4.26. The quantitative estimate of drug-likeness (QED) is 0.213. The largest absolute Gasteiger partial charge is 0.462 e. The summed E-state index contributed by atoms with van der Waals surface area (Å²) in [6, 6.07) is 6.53. The summed E-state index contributed by atoms with van der Waals surface area (Å²) in [4.78, 5) is 26.4. The number of carbonyl (C=O) groups is 1. The number of ether oxygens (including phenoxy) is 2. The van der Waals surface area contributed by atoms with Crippen LogP contribution in [-0.2, 0) is 23.4 Å². The lowest BCUT2D eigenvalue weighted by Gasteiger charge is -2.28. The van der Waals surface area contributed by atoms with Crippen molar-refractivity contribution in [2.75, 3.05) is 31.3 Å². The number of nitrogens with zero attached hydrogens (tertiary/aromatic N) is 5. The van der Waals surface area contributed by atoms with Crippen molar-refractivity contribution >= 4 is 36.6 Å². The summed E-state index contributed by atoms with van der Waals surface area (Å²) >= 11 is 0. The molecule has 42 heavy (non-hydrogen) atoms. The number of nitrogens with one attached hydrogen (secondary N) is 1. The molecule has 1 fully saturated rings. The molecule has 0 spiro atoms. The minimum Gasteiger partial charge on any atom is -0.462 e. The molecular formula is C25H34F2N7O7P. The van der Waals surface area contributed by atoms with Crippen molar-refractivity contribution in [2.24, 2.45) is 0 Å². The number of alkyl halides is 2. The van der Waals surface area contributed by atoms with E-state index in [9.17, 15) is 14.5 Å². The number of nitrogen functional groups attached to an aromatic ring is 1. The molecule has 1 saturated heterocycles. The maximum absolute atomic E-state index is 16.2. The first-order chi connectivity index (χ1) is 19.6. The zero-order valence-electron chi connectivity index (χ0n) is 23.9. The third kappa shape index (κ3) is 6.32. The van der Waals surface area contributed by atoms with Gasteiger partial charge in [0.25, 0.3) is 5.85 Å². The summed E-state index contributed by atoms with van der Waals surface area (Å²) in [5, 5.41) is 13.2. The Hall–Kier alpha value is -3.43. The molecule has 0 amide bonds. The molecule has 6 atom stereocenters. The van der Waals surface area contributed by atoms with Gasteiger partial charge < -0.3 is 29.7 Å². The van der Waals surface area contributed by atoms with Gasteiger partial charge in [-0.05, 0) is 39.8 Å². The highest BCUT2D eigenvalue weighted by Crippen LogP contribution is 2.52. The van der Waals surface area contributed by atoms with Crippen LogP contribution in [0.3, 0.4) is 0 Å². The van der Waals surface area contributed by atoms with Crippen molar-refractivity contribution in [3.8, 4) is 5.75 Å². The Morgan fingerprint density at radius 1 is 1.26 bits per heavy atom. The van der Waals surface area contributed by atoms with E-state index in [0.717, 1.165) is 17.8 Å². The highest BCUT2D eigenvalue weighted by molar-refractivity contribution is 7.52. The molecule has 2 unspecified atom stereocenters. The highest BCUT2D eigenvalue weighted by Gasteiger charge is 2.65. The number of aromatic nitrogens is 4. The van der Waals surface area contributed by atoms with Crippen LogP contribution in [0.2, 0.25) is 0 Å². The van der Waals surface area contributed by atoms with Crippen LogP contribution in [0, 0.1) is 0 Å². The maximum Gasteiger partial charge on any atom is 0.459 e. The molecular weight excluding hydrogens is 579 g/mol. The molecule has 230 valence electrons. The van der Waals surface area contributed by atoms with Gasteiger partial charge in [-0.1, -0.05) is 18.2 Å². The van der Waals surface area contributed by atoms with Gasteiger partial charge in [-0.2, -0.15) is 15.1 Å². The van der Waals surface area contributed by atoms with Crippen LogP contribution in [0.15, 0.2) is 36.7 Å². The van der Waals surface area contributed by atoms with Crippen LogP contribution in [-0.4, -0.2) is 81.1 Å². The number of benzene rings is 1. The standard InChI is InChI=1S/C25H34F2N7O7P/c1-14(2)39-20(35)15(3)32-42(37,41-16-10-8-7-9-11-16)38-12-25(27)21(36)24(4,26)22(40-25)34-13-29-17-18(33(5)6)30-23(28)31-19(17)34/h7-11,13-15,21-22,36H,12H2,1-6H3,(H,32,37)(H2,28,30,31)/t15-,21?,22+,24+,25+,42?/m0/s1. The predicted molar refractivity (Wildman–Crippen MR) is 148 cm³/mol. The van der Waals surface area contributed by atoms with Gasteiger partial charge in [0.1, 0.15) is 18.4 Å². The fourth-order valence-electron chi connectivity index (χ4n) is 4.27. The number of imidazole rings is 1.